The quantitative estimate of drug-likeness (QED) is 0.134. The molecule has 1 heterocycles. The van der Waals surface area contributed by atoms with Crippen LogP contribution in [0.15, 0.2) is 97.1 Å². The zero-order chi connectivity index (χ0) is 42.7. The third-order valence-corrected chi connectivity index (χ3v) is 13.5. The highest BCUT2D eigenvalue weighted by Gasteiger charge is 2.38. The molecule has 0 radical (unpaired) electrons. The molecule has 0 atom stereocenters. The lowest BCUT2D eigenvalue weighted by molar-refractivity contribution is -0.953. The van der Waals surface area contributed by atoms with Gasteiger partial charge in [0.05, 0.1) is 13.1 Å². The number of nitrogens with zero attached hydrogens (tertiary/aromatic N) is 1. The Balaban J connectivity index is 0.00000604. The first kappa shape index (κ1) is 45.8. The van der Waals surface area contributed by atoms with Gasteiger partial charge in [-0.15, -0.1) is 17.0 Å². The van der Waals surface area contributed by atoms with Gasteiger partial charge in [-0.1, -0.05) is 195 Å². The van der Waals surface area contributed by atoms with Crippen LogP contribution in [0.2, 0.25) is 0 Å². The average molecular weight is 866 g/mol. The lowest BCUT2D eigenvalue weighted by Crippen LogP contribution is -2.47. The predicted octanol–water partition coefficient (Wildman–Crippen LogP) is 17.2. The van der Waals surface area contributed by atoms with E-state index in [0.29, 0.717) is 0 Å². The molecule has 318 valence electrons. The van der Waals surface area contributed by atoms with Crippen LogP contribution < -0.4 is 0 Å². The van der Waals surface area contributed by atoms with Gasteiger partial charge in [0, 0.05) is 22.3 Å². The fourth-order valence-electron chi connectivity index (χ4n) is 9.64. The molecule has 60 heavy (non-hydrogen) atoms. The Hall–Kier alpha value is -3.72. The first-order valence-electron chi connectivity index (χ1n) is 22.9. The van der Waals surface area contributed by atoms with Crippen molar-refractivity contribution in [3.05, 3.63) is 130 Å². The number of hydrogen-bond acceptors (Lipinski definition) is 0. The molecule has 7 rings (SSSR count). The van der Waals surface area contributed by atoms with Crippen molar-refractivity contribution in [1.82, 2.24) is 0 Å². The number of rotatable bonds is 8. The molecule has 0 saturated carbocycles. The van der Waals surface area contributed by atoms with Crippen LogP contribution >= 0.6 is 17.0 Å². The second-order valence-electron chi connectivity index (χ2n) is 22.4. The molecule has 0 bridgehead atoms. The van der Waals surface area contributed by atoms with Crippen molar-refractivity contribution in [1.29, 1.82) is 0 Å². The fraction of sp³-hybridized carbons (Fsp3) is 0.448. The molecule has 1 nitrogen and oxygen atoms in total. The number of quaternary nitrogens is 1. The van der Waals surface area contributed by atoms with Crippen molar-refractivity contribution < 1.29 is 4.48 Å². The number of benzene rings is 6. The van der Waals surface area contributed by atoms with E-state index in [9.17, 15) is 0 Å². The Morgan fingerprint density at radius 2 is 0.750 bits per heavy atom. The summed E-state index contributed by atoms with van der Waals surface area (Å²) >= 11 is 0. The summed E-state index contributed by atoms with van der Waals surface area (Å²) in [6, 6.07) is 38.9. The third kappa shape index (κ3) is 9.08. The molecule has 1 aliphatic heterocycles. The van der Waals surface area contributed by atoms with Crippen molar-refractivity contribution >= 4 is 38.5 Å². The van der Waals surface area contributed by atoms with Crippen LogP contribution in [0.4, 0.5) is 0 Å². The highest BCUT2D eigenvalue weighted by atomic mass is 79.9. The van der Waals surface area contributed by atoms with Gasteiger partial charge in [-0.25, -0.2) is 0 Å². The lowest BCUT2D eigenvalue weighted by atomic mass is 9.76. The molecule has 2 heteroatoms. The van der Waals surface area contributed by atoms with Gasteiger partial charge in [0.1, 0.15) is 13.1 Å². The predicted molar refractivity (Wildman–Crippen MR) is 270 cm³/mol. The summed E-state index contributed by atoms with van der Waals surface area (Å²) in [5.74, 6) is 0. The van der Waals surface area contributed by atoms with E-state index in [-0.39, 0.29) is 38.6 Å². The SMILES string of the molecule is Br.CCCC[N+]1(CCCC)Cc2c(-c3cc(C(C)(C)C)cc(C(C)(C)C)c3)cc3ccccc3c2-c2c(c(-c3cc(C(C)(C)C)cc(C(C)(C)C)c3)cc3ccccc23)C1. The maximum Gasteiger partial charge on any atom is 0.106 e. The van der Waals surface area contributed by atoms with E-state index in [1.807, 2.05) is 0 Å². The van der Waals surface area contributed by atoms with Crippen LogP contribution in [-0.4, -0.2) is 17.6 Å². The number of unbranched alkanes of at least 4 members (excludes halogenated alkanes) is 2. The summed E-state index contributed by atoms with van der Waals surface area (Å²) in [6.07, 6.45) is 4.85. The van der Waals surface area contributed by atoms with Gasteiger partial charge in [-0.05, 0) is 113 Å². The van der Waals surface area contributed by atoms with Crippen LogP contribution in [0.25, 0.3) is 54.9 Å². The molecule has 0 fully saturated rings. The first-order valence-corrected chi connectivity index (χ1v) is 22.9. The molecule has 0 amide bonds. The van der Waals surface area contributed by atoms with E-state index in [1.165, 1.54) is 127 Å². The molecule has 6 aromatic carbocycles. The summed E-state index contributed by atoms with van der Waals surface area (Å²) < 4.78 is 1.08. The molecular weight excluding hydrogens is 791 g/mol. The van der Waals surface area contributed by atoms with Gasteiger partial charge in [-0.2, -0.15) is 0 Å². The summed E-state index contributed by atoms with van der Waals surface area (Å²) in [5.41, 5.74) is 17.3. The van der Waals surface area contributed by atoms with E-state index < -0.39 is 0 Å². The molecule has 6 aromatic rings. The maximum absolute atomic E-state index is 2.57. The fourth-order valence-corrected chi connectivity index (χ4v) is 9.64. The zero-order valence-electron chi connectivity index (χ0n) is 39.7. The topological polar surface area (TPSA) is 0 Å². The molecular formula is C58H75BrN+. The van der Waals surface area contributed by atoms with E-state index in [1.54, 1.807) is 0 Å². The van der Waals surface area contributed by atoms with Gasteiger partial charge < -0.3 is 4.48 Å². The number of fused-ring (bicyclic) bond motifs is 7. The van der Waals surface area contributed by atoms with Gasteiger partial charge in [-0.3, -0.25) is 0 Å². The summed E-state index contributed by atoms with van der Waals surface area (Å²) in [7, 11) is 0. The Kier molecular flexibility index (Phi) is 12.9. The number of halogens is 1. The molecule has 0 aromatic heterocycles. The minimum absolute atomic E-state index is 0. The van der Waals surface area contributed by atoms with E-state index in [0.717, 1.165) is 17.6 Å². The Labute approximate surface area is 375 Å². The molecule has 1 aliphatic rings. The van der Waals surface area contributed by atoms with Crippen LogP contribution in [0.3, 0.4) is 0 Å². The van der Waals surface area contributed by atoms with E-state index in [2.05, 4.69) is 194 Å². The van der Waals surface area contributed by atoms with Gasteiger partial charge >= 0.3 is 0 Å². The Bertz CT molecular complexity index is 2260. The third-order valence-electron chi connectivity index (χ3n) is 13.5. The van der Waals surface area contributed by atoms with Crippen LogP contribution in [0.5, 0.6) is 0 Å². The van der Waals surface area contributed by atoms with Crippen LogP contribution in [-0.2, 0) is 34.7 Å². The normalized spacial score (nSPS) is 14.4. The van der Waals surface area contributed by atoms with Crippen molar-refractivity contribution in [3.8, 4) is 33.4 Å². The van der Waals surface area contributed by atoms with Gasteiger partial charge in [0.2, 0.25) is 0 Å². The molecule has 0 saturated heterocycles. The highest BCUT2D eigenvalue weighted by molar-refractivity contribution is 8.93. The minimum Gasteiger partial charge on any atom is -0.316 e. The second kappa shape index (κ2) is 16.9. The minimum atomic E-state index is 0. The van der Waals surface area contributed by atoms with Gasteiger partial charge in [0.15, 0.2) is 0 Å². The Morgan fingerprint density at radius 1 is 0.433 bits per heavy atom. The first-order chi connectivity index (χ1) is 27.6. The van der Waals surface area contributed by atoms with E-state index >= 15 is 0 Å². The molecule has 0 unspecified atom stereocenters. The number of hydrogen-bond donors (Lipinski definition) is 0. The zero-order valence-corrected chi connectivity index (χ0v) is 41.5. The van der Waals surface area contributed by atoms with Crippen molar-refractivity contribution in [3.63, 3.8) is 0 Å². The highest BCUT2D eigenvalue weighted by Crippen LogP contribution is 2.51. The van der Waals surface area contributed by atoms with E-state index in [4.69, 9.17) is 0 Å². The molecule has 0 aliphatic carbocycles. The summed E-state index contributed by atoms with van der Waals surface area (Å²) in [4.78, 5) is 0. The Morgan fingerprint density at radius 3 is 1.05 bits per heavy atom. The average Bonchev–Trinajstić information content (AvgIpc) is 3.32. The van der Waals surface area contributed by atoms with Crippen molar-refractivity contribution in [2.45, 2.75) is 157 Å². The summed E-state index contributed by atoms with van der Waals surface area (Å²) in [5, 5.41) is 5.41. The second-order valence-corrected chi connectivity index (χ2v) is 22.4. The molecule has 0 N–H and O–H groups in total. The largest absolute Gasteiger partial charge is 0.316 e. The van der Waals surface area contributed by atoms with Gasteiger partial charge in [0.25, 0.3) is 0 Å². The summed E-state index contributed by atoms with van der Waals surface area (Å²) in [6.45, 7) is 37.7. The standard InChI is InChI=1S/C58H74N.BrH/c1-15-17-27-59(28-18-16-2)37-51-49(41-29-43(55(3,4)5)35-44(30-41)56(6,7)8)33-39-23-19-21-25-47(39)53(51)54-48-26-22-20-24-40(48)34-50(52(54)38-59)42-31-45(57(9,10)11)36-46(32-42)58(12,13)14;/h19-26,29-36H,15-18,27-28,37-38H2,1-14H3;1H/q+1;. The van der Waals surface area contributed by atoms with Crippen LogP contribution in [0.1, 0.15) is 156 Å². The monoisotopic (exact) mass is 865 g/mol. The maximum atomic E-state index is 2.57. The van der Waals surface area contributed by atoms with Crippen molar-refractivity contribution in [2.24, 2.45) is 0 Å². The lowest BCUT2D eigenvalue weighted by Gasteiger charge is -2.39. The van der Waals surface area contributed by atoms with Crippen LogP contribution in [0, 0.1) is 0 Å². The smallest absolute Gasteiger partial charge is 0.106 e. The molecule has 0 spiro atoms. The van der Waals surface area contributed by atoms with Crippen molar-refractivity contribution in [2.75, 3.05) is 13.1 Å².